The Balaban J connectivity index is 1.88. The van der Waals surface area contributed by atoms with E-state index in [1.54, 1.807) is 18.2 Å². The van der Waals surface area contributed by atoms with E-state index in [1.807, 2.05) is 32.0 Å². The van der Waals surface area contributed by atoms with Gasteiger partial charge in [-0.25, -0.2) is 0 Å². The van der Waals surface area contributed by atoms with Gasteiger partial charge in [-0.1, -0.05) is 17.7 Å². The summed E-state index contributed by atoms with van der Waals surface area (Å²) >= 11 is 1.43. The number of carbonyl (C=O) groups excluding carboxylic acids is 2. The van der Waals surface area contributed by atoms with Gasteiger partial charge in [0.15, 0.2) is 11.5 Å². The molecule has 0 heterocycles. The molecule has 0 bridgehead atoms. The summed E-state index contributed by atoms with van der Waals surface area (Å²) in [5.41, 5.74) is 7.43. The predicted octanol–water partition coefficient (Wildman–Crippen LogP) is 2.87. The molecule has 0 fully saturated rings. The molecular formula is C19H22N2O4S. The molecular weight excluding hydrogens is 352 g/mol. The lowest BCUT2D eigenvalue weighted by Gasteiger charge is -2.11. The summed E-state index contributed by atoms with van der Waals surface area (Å²) in [7, 11) is 3.01. The lowest BCUT2D eigenvalue weighted by molar-refractivity contribution is -0.119. The summed E-state index contributed by atoms with van der Waals surface area (Å²) in [6.07, 6.45) is 0. The lowest BCUT2D eigenvalue weighted by atomic mass is 10.2. The maximum atomic E-state index is 12.2. The molecule has 0 unspecified atom stereocenters. The van der Waals surface area contributed by atoms with E-state index >= 15 is 0 Å². The van der Waals surface area contributed by atoms with Crippen molar-refractivity contribution in [2.75, 3.05) is 20.0 Å². The van der Waals surface area contributed by atoms with E-state index in [1.165, 1.54) is 26.0 Å². The van der Waals surface area contributed by atoms with Crippen LogP contribution in [0.2, 0.25) is 0 Å². The molecule has 7 heteroatoms. The van der Waals surface area contributed by atoms with Crippen LogP contribution in [0.4, 0.5) is 0 Å². The Hall–Kier alpha value is -2.67. The highest BCUT2D eigenvalue weighted by Gasteiger charge is 2.12. The number of hydrogen-bond acceptors (Lipinski definition) is 5. The van der Waals surface area contributed by atoms with Crippen LogP contribution in [0.15, 0.2) is 41.3 Å². The molecule has 0 aromatic heterocycles. The highest BCUT2D eigenvalue weighted by atomic mass is 32.2. The molecule has 0 aliphatic carbocycles. The number of benzene rings is 2. The molecule has 0 aliphatic rings. The van der Waals surface area contributed by atoms with E-state index in [0.717, 1.165) is 16.0 Å². The number of ether oxygens (including phenoxy) is 2. The van der Waals surface area contributed by atoms with Crippen molar-refractivity contribution in [3.05, 3.63) is 53.1 Å². The molecule has 26 heavy (non-hydrogen) atoms. The van der Waals surface area contributed by atoms with Crippen molar-refractivity contribution >= 4 is 23.6 Å². The van der Waals surface area contributed by atoms with Crippen molar-refractivity contribution in [1.82, 2.24) is 10.9 Å². The number of thioether (sulfide) groups is 1. The third-order valence-corrected chi connectivity index (χ3v) is 4.82. The minimum absolute atomic E-state index is 0.205. The number of aryl methyl sites for hydroxylation is 2. The topological polar surface area (TPSA) is 76.7 Å². The number of hydrogen-bond donors (Lipinski definition) is 2. The van der Waals surface area contributed by atoms with Crippen LogP contribution in [0.1, 0.15) is 21.5 Å². The SMILES string of the molecule is COc1ccc(C(=O)NNC(=O)CSc2cc(C)ccc2C)cc1OC. The van der Waals surface area contributed by atoms with Crippen LogP contribution >= 0.6 is 11.8 Å². The molecule has 138 valence electrons. The molecule has 0 saturated heterocycles. The average molecular weight is 374 g/mol. The Kier molecular flexibility index (Phi) is 6.91. The molecule has 0 aliphatic heterocycles. The highest BCUT2D eigenvalue weighted by Crippen LogP contribution is 2.27. The van der Waals surface area contributed by atoms with E-state index in [9.17, 15) is 9.59 Å². The molecule has 0 atom stereocenters. The minimum Gasteiger partial charge on any atom is -0.493 e. The molecule has 2 aromatic carbocycles. The van der Waals surface area contributed by atoms with Gasteiger partial charge in [-0.05, 0) is 43.7 Å². The summed E-state index contributed by atoms with van der Waals surface area (Å²) in [6.45, 7) is 4.01. The molecule has 0 spiro atoms. The molecule has 2 rings (SSSR count). The van der Waals surface area contributed by atoms with E-state index < -0.39 is 5.91 Å². The van der Waals surface area contributed by atoms with Crippen molar-refractivity contribution in [3.63, 3.8) is 0 Å². The maximum Gasteiger partial charge on any atom is 0.269 e. The fourth-order valence-electron chi connectivity index (χ4n) is 2.22. The minimum atomic E-state index is -0.434. The van der Waals surface area contributed by atoms with Crippen molar-refractivity contribution < 1.29 is 19.1 Å². The normalized spacial score (nSPS) is 10.2. The zero-order valence-corrected chi connectivity index (χ0v) is 16.0. The number of methoxy groups -OCH3 is 2. The fourth-order valence-corrected chi connectivity index (χ4v) is 3.14. The quantitative estimate of drug-likeness (QED) is 0.601. The molecule has 6 nitrogen and oxygen atoms in total. The van der Waals surface area contributed by atoms with Gasteiger partial charge >= 0.3 is 0 Å². The van der Waals surface area contributed by atoms with Crippen LogP contribution in [-0.2, 0) is 4.79 Å². The van der Waals surface area contributed by atoms with E-state index in [4.69, 9.17) is 9.47 Å². The first-order valence-corrected chi connectivity index (χ1v) is 8.94. The van der Waals surface area contributed by atoms with Crippen molar-refractivity contribution in [2.45, 2.75) is 18.7 Å². The van der Waals surface area contributed by atoms with Gasteiger partial charge < -0.3 is 9.47 Å². The molecule has 0 radical (unpaired) electrons. The molecule has 0 saturated carbocycles. The maximum absolute atomic E-state index is 12.2. The number of nitrogens with one attached hydrogen (secondary N) is 2. The number of carbonyl (C=O) groups is 2. The van der Waals surface area contributed by atoms with Gasteiger partial charge in [-0.15, -0.1) is 11.8 Å². The van der Waals surface area contributed by atoms with Gasteiger partial charge in [0.05, 0.1) is 20.0 Å². The number of hydrazine groups is 1. The van der Waals surface area contributed by atoms with E-state index in [2.05, 4.69) is 10.9 Å². The Morgan fingerprint density at radius 2 is 1.69 bits per heavy atom. The molecule has 2 N–H and O–H groups in total. The van der Waals surface area contributed by atoms with Gasteiger partial charge in [-0.3, -0.25) is 20.4 Å². The first-order valence-electron chi connectivity index (χ1n) is 7.96. The zero-order valence-electron chi connectivity index (χ0n) is 15.2. The Labute approximate surface area is 157 Å². The van der Waals surface area contributed by atoms with Gasteiger partial charge in [0.25, 0.3) is 5.91 Å². The zero-order chi connectivity index (χ0) is 19.1. The Morgan fingerprint density at radius 3 is 2.38 bits per heavy atom. The summed E-state index contributed by atoms with van der Waals surface area (Å²) in [6, 6.07) is 10.9. The molecule has 2 aromatic rings. The van der Waals surface area contributed by atoms with Crippen molar-refractivity contribution in [2.24, 2.45) is 0 Å². The van der Waals surface area contributed by atoms with Crippen LogP contribution in [0.3, 0.4) is 0 Å². The van der Waals surface area contributed by atoms with Crippen molar-refractivity contribution in [1.29, 1.82) is 0 Å². The van der Waals surface area contributed by atoms with E-state index in [-0.39, 0.29) is 11.7 Å². The summed E-state index contributed by atoms with van der Waals surface area (Å²) in [4.78, 5) is 25.2. The van der Waals surface area contributed by atoms with Crippen LogP contribution in [0, 0.1) is 13.8 Å². The Bertz CT molecular complexity index is 808. The van der Waals surface area contributed by atoms with Gasteiger partial charge in [0.1, 0.15) is 0 Å². The number of rotatable bonds is 6. The first-order chi connectivity index (χ1) is 12.4. The summed E-state index contributed by atoms with van der Waals surface area (Å²) < 4.78 is 10.3. The first kappa shape index (κ1) is 19.7. The van der Waals surface area contributed by atoms with Crippen LogP contribution in [0.5, 0.6) is 11.5 Å². The highest BCUT2D eigenvalue weighted by molar-refractivity contribution is 8.00. The second kappa shape index (κ2) is 9.15. The van der Waals surface area contributed by atoms with E-state index in [0.29, 0.717) is 17.1 Å². The molecule has 2 amide bonds. The smallest absolute Gasteiger partial charge is 0.269 e. The summed E-state index contributed by atoms with van der Waals surface area (Å²) in [5, 5.41) is 0. The monoisotopic (exact) mass is 374 g/mol. The summed E-state index contributed by atoms with van der Waals surface area (Å²) in [5.74, 6) is 0.451. The predicted molar refractivity (Wildman–Crippen MR) is 102 cm³/mol. The van der Waals surface area contributed by atoms with Gasteiger partial charge in [0.2, 0.25) is 5.91 Å². The van der Waals surface area contributed by atoms with Crippen molar-refractivity contribution in [3.8, 4) is 11.5 Å². The second-order valence-electron chi connectivity index (χ2n) is 5.63. The second-order valence-corrected chi connectivity index (χ2v) is 6.65. The largest absolute Gasteiger partial charge is 0.493 e. The third kappa shape index (κ3) is 5.16. The third-order valence-electron chi connectivity index (χ3n) is 3.66. The van der Waals surface area contributed by atoms with Gasteiger partial charge in [-0.2, -0.15) is 0 Å². The lowest BCUT2D eigenvalue weighted by Crippen LogP contribution is -2.42. The van der Waals surface area contributed by atoms with Gasteiger partial charge in [0, 0.05) is 10.5 Å². The standard InChI is InChI=1S/C19H22N2O4S/c1-12-5-6-13(2)17(9-12)26-11-18(22)20-21-19(23)14-7-8-15(24-3)16(10-14)25-4/h5-10H,11H2,1-4H3,(H,20,22)(H,21,23). The average Bonchev–Trinajstić information content (AvgIpc) is 2.66. The number of amides is 2. The Morgan fingerprint density at radius 1 is 0.962 bits per heavy atom. The van der Waals surface area contributed by atoms with Crippen LogP contribution in [0.25, 0.3) is 0 Å². The van der Waals surface area contributed by atoms with Crippen LogP contribution < -0.4 is 20.3 Å². The van der Waals surface area contributed by atoms with Crippen LogP contribution in [-0.4, -0.2) is 31.8 Å². The fraction of sp³-hybridized carbons (Fsp3) is 0.263.